The maximum Gasteiger partial charge on any atom is 0.307 e. The van der Waals surface area contributed by atoms with E-state index in [0.717, 1.165) is 23.3 Å². The summed E-state index contributed by atoms with van der Waals surface area (Å²) in [5, 5.41) is 13.3. The highest BCUT2D eigenvalue weighted by atomic mass is 16.6. The summed E-state index contributed by atoms with van der Waals surface area (Å²) in [4.78, 5) is 16.5. The van der Waals surface area contributed by atoms with E-state index in [1.165, 1.54) is 12.7 Å². The first-order valence-electron chi connectivity index (χ1n) is 10.5. The van der Waals surface area contributed by atoms with Crippen LogP contribution in [-0.2, 0) is 16.1 Å². The number of methoxy groups -OCH3 is 1. The van der Waals surface area contributed by atoms with E-state index in [2.05, 4.69) is 29.4 Å². The highest BCUT2D eigenvalue weighted by Crippen LogP contribution is 2.24. The lowest BCUT2D eigenvalue weighted by atomic mass is 10.0. The van der Waals surface area contributed by atoms with Crippen LogP contribution in [0.3, 0.4) is 0 Å². The number of rotatable bonds is 11. The van der Waals surface area contributed by atoms with Gasteiger partial charge in [-0.3, -0.25) is 4.79 Å². The van der Waals surface area contributed by atoms with Gasteiger partial charge in [0.15, 0.2) is 6.61 Å². The lowest BCUT2D eigenvalue weighted by Crippen LogP contribution is -2.08. The molecule has 0 heterocycles. The topological polar surface area (TPSA) is 77.3 Å². The Balaban J connectivity index is 1.54. The Morgan fingerprint density at radius 3 is 2.31 bits per heavy atom. The Hall–Kier alpha value is -3.80. The molecule has 0 spiro atoms. The van der Waals surface area contributed by atoms with E-state index >= 15 is 0 Å². The van der Waals surface area contributed by atoms with E-state index in [1.54, 1.807) is 18.2 Å². The van der Waals surface area contributed by atoms with E-state index in [9.17, 15) is 4.79 Å². The Bertz CT molecular complexity index is 1050. The van der Waals surface area contributed by atoms with Crippen LogP contribution in [0.25, 0.3) is 11.1 Å². The quantitative estimate of drug-likeness (QED) is 0.256. The van der Waals surface area contributed by atoms with E-state index in [-0.39, 0.29) is 19.6 Å². The normalized spacial score (nSPS) is 11.1. The van der Waals surface area contributed by atoms with Gasteiger partial charge in [0.2, 0.25) is 0 Å². The highest BCUT2D eigenvalue weighted by molar-refractivity contribution is 6.00. The van der Waals surface area contributed by atoms with E-state index in [4.69, 9.17) is 19.4 Å². The number of nitrogens with zero attached hydrogens (tertiary/aromatic N) is 1. The zero-order valence-corrected chi connectivity index (χ0v) is 18.3. The van der Waals surface area contributed by atoms with Crippen molar-refractivity contribution in [3.8, 4) is 22.6 Å². The molecule has 3 aromatic rings. The van der Waals surface area contributed by atoms with Gasteiger partial charge >= 0.3 is 5.97 Å². The average Bonchev–Trinajstić information content (AvgIpc) is 2.82. The highest BCUT2D eigenvalue weighted by Gasteiger charge is 2.09. The third-order valence-electron chi connectivity index (χ3n) is 4.87. The molecule has 0 unspecified atom stereocenters. The smallest absolute Gasteiger partial charge is 0.307 e. The number of hydrogen-bond acceptors (Lipinski definition) is 5. The summed E-state index contributed by atoms with van der Waals surface area (Å²) < 4.78 is 10.9. The third-order valence-corrected chi connectivity index (χ3v) is 4.87. The molecule has 3 rings (SSSR count). The van der Waals surface area contributed by atoms with E-state index < -0.39 is 5.97 Å². The largest absolute Gasteiger partial charge is 0.496 e. The summed E-state index contributed by atoms with van der Waals surface area (Å²) in [7, 11) is 1.51. The Morgan fingerprint density at radius 1 is 0.938 bits per heavy atom. The summed E-state index contributed by atoms with van der Waals surface area (Å²) in [5.74, 6) is 0.148. The van der Waals surface area contributed by atoms with Crippen LogP contribution in [0.2, 0.25) is 0 Å². The fourth-order valence-corrected chi connectivity index (χ4v) is 3.27. The Morgan fingerprint density at radius 2 is 1.66 bits per heavy atom. The molecule has 0 aliphatic carbocycles. The van der Waals surface area contributed by atoms with Crippen molar-refractivity contribution in [2.45, 2.75) is 19.8 Å². The minimum atomic E-state index is -0.929. The van der Waals surface area contributed by atoms with Gasteiger partial charge in [0.05, 0.1) is 19.2 Å². The summed E-state index contributed by atoms with van der Waals surface area (Å²) >= 11 is 0. The molecule has 0 aliphatic rings. The van der Waals surface area contributed by atoms with Crippen LogP contribution in [0.5, 0.6) is 11.5 Å². The number of benzene rings is 3. The molecule has 0 saturated carbocycles. The van der Waals surface area contributed by atoms with Gasteiger partial charge in [-0.2, -0.15) is 0 Å². The molecule has 0 aromatic heterocycles. The summed E-state index contributed by atoms with van der Waals surface area (Å²) in [6.07, 6.45) is 0.604. The zero-order valence-electron chi connectivity index (χ0n) is 18.3. The van der Waals surface area contributed by atoms with Gasteiger partial charge in [0.25, 0.3) is 0 Å². The lowest BCUT2D eigenvalue weighted by molar-refractivity contribution is -0.136. The molecule has 166 valence electrons. The maximum absolute atomic E-state index is 11.0. The number of ether oxygens (including phenoxy) is 2. The van der Waals surface area contributed by atoms with E-state index in [1.807, 2.05) is 37.3 Å². The molecule has 0 aliphatic heterocycles. The third kappa shape index (κ3) is 6.35. The van der Waals surface area contributed by atoms with Gasteiger partial charge in [-0.05, 0) is 41.3 Å². The summed E-state index contributed by atoms with van der Waals surface area (Å²) in [6, 6.07) is 23.6. The number of hydrogen-bond donors (Lipinski definition) is 1. The van der Waals surface area contributed by atoms with Crippen molar-refractivity contribution in [1.82, 2.24) is 0 Å². The summed E-state index contributed by atoms with van der Waals surface area (Å²) in [6.45, 7) is 2.59. The second-order valence-electron chi connectivity index (χ2n) is 7.06. The molecular formula is C26H27NO5. The van der Waals surface area contributed by atoms with Crippen LogP contribution < -0.4 is 9.47 Å². The van der Waals surface area contributed by atoms with Gasteiger partial charge in [-0.15, -0.1) is 0 Å². The molecule has 6 nitrogen and oxygen atoms in total. The molecule has 0 bridgehead atoms. The van der Waals surface area contributed by atoms with E-state index in [0.29, 0.717) is 17.1 Å². The van der Waals surface area contributed by atoms with Gasteiger partial charge < -0.3 is 19.4 Å². The second-order valence-corrected chi connectivity index (χ2v) is 7.06. The monoisotopic (exact) mass is 433 g/mol. The van der Waals surface area contributed by atoms with Crippen molar-refractivity contribution in [3.63, 3.8) is 0 Å². The average molecular weight is 434 g/mol. The first kappa shape index (κ1) is 22.9. The first-order chi connectivity index (χ1) is 15.6. The second kappa shape index (κ2) is 11.6. The predicted octanol–water partition coefficient (Wildman–Crippen LogP) is 5.20. The van der Waals surface area contributed by atoms with Crippen LogP contribution in [0, 0.1) is 0 Å². The number of carboxylic acids is 1. The fourth-order valence-electron chi connectivity index (χ4n) is 3.27. The molecule has 0 radical (unpaired) electrons. The molecule has 3 aromatic carbocycles. The van der Waals surface area contributed by atoms with Gasteiger partial charge in [-0.1, -0.05) is 66.7 Å². The van der Waals surface area contributed by atoms with Crippen LogP contribution in [0.4, 0.5) is 0 Å². The number of carboxylic acid groups (broad SMARTS) is 1. The van der Waals surface area contributed by atoms with Crippen LogP contribution in [-0.4, -0.2) is 37.1 Å². The minimum Gasteiger partial charge on any atom is -0.496 e. The predicted molar refractivity (Wildman–Crippen MR) is 124 cm³/mol. The fraction of sp³-hybridized carbons (Fsp3) is 0.231. The zero-order chi connectivity index (χ0) is 22.8. The molecule has 1 N–H and O–H groups in total. The van der Waals surface area contributed by atoms with Gasteiger partial charge in [-0.25, -0.2) is 0 Å². The summed E-state index contributed by atoms with van der Waals surface area (Å²) in [5.41, 5.74) is 4.76. The van der Waals surface area contributed by atoms with Crippen molar-refractivity contribution in [2.24, 2.45) is 5.16 Å². The Kier molecular flexibility index (Phi) is 8.26. The molecule has 6 heteroatoms. The molecule has 0 amide bonds. The number of carbonyl (C=O) groups is 1. The van der Waals surface area contributed by atoms with Crippen molar-refractivity contribution in [2.75, 3.05) is 20.3 Å². The minimum absolute atomic E-state index is 0.135. The van der Waals surface area contributed by atoms with Crippen LogP contribution in [0.1, 0.15) is 24.5 Å². The van der Waals surface area contributed by atoms with Crippen molar-refractivity contribution < 1.29 is 24.2 Å². The SMILES string of the molecule is CC/C(=N\OCCOc1ccc(OC)c(CC(=O)O)c1)c1ccc(-c2ccccc2)cc1. The van der Waals surface area contributed by atoms with Gasteiger partial charge in [0, 0.05) is 5.56 Å². The molecule has 0 fully saturated rings. The standard InChI is InChI=1S/C26H27NO5/c1-3-24(21-11-9-20(10-12-21)19-7-5-4-6-8-19)27-32-16-15-31-23-13-14-25(30-2)22(17-23)18-26(28)29/h4-14,17H,3,15-16,18H2,1-2H3,(H,28,29)/b27-24+. The number of oxime groups is 1. The Labute approximate surface area is 188 Å². The molecule has 0 saturated heterocycles. The molecular weight excluding hydrogens is 406 g/mol. The lowest BCUT2D eigenvalue weighted by Gasteiger charge is -2.11. The van der Waals surface area contributed by atoms with Crippen LogP contribution in [0.15, 0.2) is 78.0 Å². The van der Waals surface area contributed by atoms with Crippen molar-refractivity contribution in [1.29, 1.82) is 0 Å². The first-order valence-corrected chi connectivity index (χ1v) is 10.5. The van der Waals surface area contributed by atoms with Crippen molar-refractivity contribution >= 4 is 11.7 Å². The maximum atomic E-state index is 11.0. The number of aliphatic carboxylic acids is 1. The van der Waals surface area contributed by atoms with Crippen LogP contribution >= 0.6 is 0 Å². The molecule has 0 atom stereocenters. The van der Waals surface area contributed by atoms with Crippen molar-refractivity contribution in [3.05, 3.63) is 83.9 Å². The van der Waals surface area contributed by atoms with Gasteiger partial charge in [0.1, 0.15) is 18.1 Å². The molecule has 32 heavy (non-hydrogen) atoms.